The van der Waals surface area contributed by atoms with Gasteiger partial charge in [-0.05, 0) is 41.3 Å². The molecule has 1 saturated heterocycles. The van der Waals surface area contributed by atoms with Gasteiger partial charge < -0.3 is 15.3 Å². The van der Waals surface area contributed by atoms with Crippen LogP contribution in [0.25, 0.3) is 33.3 Å². The Labute approximate surface area is 211 Å². The summed E-state index contributed by atoms with van der Waals surface area (Å²) in [4.78, 5) is 6.70. The van der Waals surface area contributed by atoms with Gasteiger partial charge in [-0.3, -0.25) is 4.68 Å². The lowest BCUT2D eigenvalue weighted by Crippen LogP contribution is -2.53. The van der Waals surface area contributed by atoms with Crippen LogP contribution in [-0.4, -0.2) is 55.7 Å². The number of aryl methyl sites for hydroxylation is 1. The van der Waals surface area contributed by atoms with Crippen LogP contribution in [0.15, 0.2) is 48.8 Å². The molecule has 1 aliphatic rings. The first kappa shape index (κ1) is 25.7. The van der Waals surface area contributed by atoms with Crippen LogP contribution in [0, 0.1) is 5.92 Å². The molecule has 1 atom stereocenters. The topological polar surface area (TPSA) is 92.0 Å². The molecule has 0 amide bonds. The smallest absolute Gasteiger partial charge is 0.245 e. The minimum atomic E-state index is 0. The summed E-state index contributed by atoms with van der Waals surface area (Å²) in [7, 11) is 1.91. The van der Waals surface area contributed by atoms with E-state index in [0.717, 1.165) is 41.7 Å². The van der Waals surface area contributed by atoms with Crippen molar-refractivity contribution in [1.82, 2.24) is 30.3 Å². The number of nitrogens with zero attached hydrogens (tertiary/aromatic N) is 6. The third-order valence-corrected chi connectivity index (χ3v) is 6.07. The normalized spacial score (nSPS) is 15.8. The molecule has 34 heavy (non-hydrogen) atoms. The van der Waals surface area contributed by atoms with Gasteiger partial charge in [-0.15, -0.1) is 35.0 Å². The third-order valence-electron chi connectivity index (χ3n) is 6.07. The van der Waals surface area contributed by atoms with Crippen LogP contribution in [0.2, 0.25) is 0 Å². The van der Waals surface area contributed by atoms with Crippen molar-refractivity contribution < 1.29 is 5.11 Å². The Morgan fingerprint density at radius 1 is 1.06 bits per heavy atom. The highest BCUT2D eigenvalue weighted by atomic mass is 35.5. The zero-order chi connectivity index (χ0) is 22.2. The summed E-state index contributed by atoms with van der Waals surface area (Å²) in [5.74, 6) is 1.32. The highest BCUT2D eigenvalue weighted by Gasteiger charge is 2.23. The van der Waals surface area contributed by atoms with E-state index in [2.05, 4.69) is 50.4 Å². The molecule has 0 unspecified atom stereocenters. The number of benzene rings is 2. The number of nitrogens with one attached hydrogen (secondary N) is 1. The summed E-state index contributed by atoms with van der Waals surface area (Å²) < 4.78 is 1.80. The molecule has 1 aliphatic heterocycles. The molecular formula is C24H29Cl2N7O. The fourth-order valence-corrected chi connectivity index (χ4v) is 4.20. The van der Waals surface area contributed by atoms with Crippen molar-refractivity contribution in [1.29, 1.82) is 0 Å². The number of piperazine rings is 1. The number of fused-ring (bicyclic) bond motifs is 1. The van der Waals surface area contributed by atoms with Crippen LogP contribution in [0.3, 0.4) is 0 Å². The maximum atomic E-state index is 10.7. The third kappa shape index (κ3) is 5.09. The molecule has 3 heterocycles. The Bertz CT molecular complexity index is 1260. The monoisotopic (exact) mass is 501 g/mol. The summed E-state index contributed by atoms with van der Waals surface area (Å²) in [6, 6.07) is 12.1. The molecule has 2 N–H and O–H groups in total. The van der Waals surface area contributed by atoms with E-state index in [4.69, 9.17) is 0 Å². The van der Waals surface area contributed by atoms with Crippen molar-refractivity contribution in [3.63, 3.8) is 0 Å². The molecule has 4 aromatic rings. The number of phenols is 1. The van der Waals surface area contributed by atoms with Gasteiger partial charge in [-0.2, -0.15) is 5.10 Å². The molecule has 0 aliphatic carbocycles. The van der Waals surface area contributed by atoms with Crippen LogP contribution in [0.5, 0.6) is 5.75 Å². The van der Waals surface area contributed by atoms with Gasteiger partial charge >= 0.3 is 0 Å². The summed E-state index contributed by atoms with van der Waals surface area (Å²) in [6.07, 6.45) is 3.67. The number of halogens is 2. The number of hydrogen-bond acceptors (Lipinski definition) is 7. The molecule has 180 valence electrons. The number of hydrogen-bond donors (Lipinski definition) is 2. The second kappa shape index (κ2) is 10.5. The van der Waals surface area contributed by atoms with Crippen molar-refractivity contribution >= 4 is 41.7 Å². The van der Waals surface area contributed by atoms with E-state index < -0.39 is 0 Å². The predicted octanol–water partition coefficient (Wildman–Crippen LogP) is 4.08. The summed E-state index contributed by atoms with van der Waals surface area (Å²) in [5.41, 5.74) is 4.06. The number of phenolic OH excluding ortho intramolecular Hbond substituents is 1. The van der Waals surface area contributed by atoms with Gasteiger partial charge in [-0.25, -0.2) is 4.98 Å². The molecule has 0 bridgehead atoms. The zero-order valence-electron chi connectivity index (χ0n) is 19.3. The Hall–Kier alpha value is -2.94. The average molecular weight is 502 g/mol. The molecule has 0 saturated carbocycles. The van der Waals surface area contributed by atoms with Gasteiger partial charge in [0.2, 0.25) is 5.95 Å². The van der Waals surface area contributed by atoms with E-state index in [1.165, 1.54) is 0 Å². The van der Waals surface area contributed by atoms with Crippen molar-refractivity contribution in [2.75, 3.05) is 24.5 Å². The maximum absolute atomic E-state index is 10.7. The molecule has 0 spiro atoms. The minimum absolute atomic E-state index is 0. The highest BCUT2D eigenvalue weighted by Crippen LogP contribution is 2.33. The Balaban J connectivity index is 0.00000162. The van der Waals surface area contributed by atoms with Crippen LogP contribution in [0.4, 0.5) is 5.95 Å². The number of rotatable bonds is 4. The summed E-state index contributed by atoms with van der Waals surface area (Å²) >= 11 is 0. The molecule has 0 radical (unpaired) electrons. The highest BCUT2D eigenvalue weighted by molar-refractivity contribution is 5.86. The van der Waals surface area contributed by atoms with E-state index >= 15 is 0 Å². The van der Waals surface area contributed by atoms with Crippen LogP contribution >= 0.6 is 24.8 Å². The summed E-state index contributed by atoms with van der Waals surface area (Å²) in [6.45, 7) is 7.04. The lowest BCUT2D eigenvalue weighted by Gasteiger charge is -2.35. The van der Waals surface area contributed by atoms with Gasteiger partial charge in [0.05, 0.1) is 11.7 Å². The van der Waals surface area contributed by atoms with Crippen molar-refractivity contribution in [3.8, 4) is 28.1 Å². The van der Waals surface area contributed by atoms with Gasteiger partial charge in [-0.1, -0.05) is 26.0 Å². The molecule has 2 aromatic carbocycles. The number of aromatic nitrogens is 5. The average Bonchev–Trinajstić information content (AvgIpc) is 3.18. The molecule has 8 nitrogen and oxygen atoms in total. The lowest BCUT2D eigenvalue weighted by molar-refractivity contribution is 0.365. The van der Waals surface area contributed by atoms with E-state index in [1.54, 1.807) is 16.9 Å². The Morgan fingerprint density at radius 3 is 2.53 bits per heavy atom. The van der Waals surface area contributed by atoms with E-state index in [-0.39, 0.29) is 30.6 Å². The quantitative estimate of drug-likeness (QED) is 0.435. The van der Waals surface area contributed by atoms with Crippen molar-refractivity contribution in [2.24, 2.45) is 13.0 Å². The lowest BCUT2D eigenvalue weighted by atomic mass is 10.0. The first-order valence-electron chi connectivity index (χ1n) is 10.9. The fourth-order valence-electron chi connectivity index (χ4n) is 4.20. The molecule has 2 aromatic heterocycles. The van der Waals surface area contributed by atoms with E-state index in [1.807, 2.05) is 37.5 Å². The Kier molecular flexibility index (Phi) is 7.97. The zero-order valence-corrected chi connectivity index (χ0v) is 21.0. The van der Waals surface area contributed by atoms with Gasteiger partial charge in [0.1, 0.15) is 11.4 Å². The number of aromatic hydroxyl groups is 1. The first-order chi connectivity index (χ1) is 15.5. The molecule has 5 rings (SSSR count). The molecule has 1 fully saturated rings. The fraction of sp³-hybridized carbons (Fsp3) is 0.333. The second-order valence-corrected chi connectivity index (χ2v) is 8.70. The van der Waals surface area contributed by atoms with Gasteiger partial charge in [0, 0.05) is 49.9 Å². The standard InChI is InChI=1S/C24H27N7O.2ClH/c1-15(2)22-14-31(9-8-25-22)24-26-12-21(27-28-24)19-6-4-17(11-23(19)32)16-5-7-20-18(10-16)13-30(3)29-20;;/h4-7,10-13,15,22,25,32H,8-9,14H2,1-3H3;2*1H/t22-;;/m1../s1. The first-order valence-corrected chi connectivity index (χ1v) is 10.9. The number of anilines is 1. The minimum Gasteiger partial charge on any atom is -0.507 e. The molecule has 10 heteroatoms. The largest absolute Gasteiger partial charge is 0.507 e. The predicted molar refractivity (Wildman–Crippen MR) is 140 cm³/mol. The van der Waals surface area contributed by atoms with Crippen LogP contribution in [0.1, 0.15) is 13.8 Å². The Morgan fingerprint density at radius 2 is 1.82 bits per heavy atom. The van der Waals surface area contributed by atoms with E-state index in [0.29, 0.717) is 29.2 Å². The van der Waals surface area contributed by atoms with Crippen LogP contribution < -0.4 is 10.2 Å². The van der Waals surface area contributed by atoms with Crippen molar-refractivity contribution in [2.45, 2.75) is 19.9 Å². The van der Waals surface area contributed by atoms with Gasteiger partial charge in [0.15, 0.2) is 0 Å². The van der Waals surface area contributed by atoms with Crippen LogP contribution in [-0.2, 0) is 7.05 Å². The van der Waals surface area contributed by atoms with Crippen molar-refractivity contribution in [3.05, 3.63) is 48.8 Å². The van der Waals surface area contributed by atoms with E-state index in [9.17, 15) is 5.11 Å². The molecular weight excluding hydrogens is 473 g/mol. The maximum Gasteiger partial charge on any atom is 0.245 e. The second-order valence-electron chi connectivity index (χ2n) is 8.70. The SMILES string of the molecule is CC(C)[C@H]1CN(c2ncc(-c3ccc(-c4ccc5nn(C)cc5c4)cc3O)nn2)CCN1.Cl.Cl. The summed E-state index contributed by atoms with van der Waals surface area (Å²) in [5, 5.41) is 28.4. The van der Waals surface area contributed by atoms with Gasteiger partial charge in [0.25, 0.3) is 0 Å².